The van der Waals surface area contributed by atoms with Gasteiger partial charge in [0.05, 0.1) is 12.1 Å². The molecule has 1 aromatic carbocycles. The van der Waals surface area contributed by atoms with Crippen LogP contribution in [0.25, 0.3) is 0 Å². The second kappa shape index (κ2) is 7.23. The molecule has 1 saturated heterocycles. The molecule has 1 aromatic heterocycles. The average Bonchev–Trinajstić information content (AvgIpc) is 3.22. The lowest BCUT2D eigenvalue weighted by atomic mass is 10.2. The maximum absolute atomic E-state index is 13.0. The van der Waals surface area contributed by atoms with Crippen LogP contribution in [0.15, 0.2) is 42.6 Å². The summed E-state index contributed by atoms with van der Waals surface area (Å²) in [6.45, 7) is 2.80. The van der Waals surface area contributed by atoms with E-state index in [1.807, 2.05) is 36.4 Å². The van der Waals surface area contributed by atoms with Crippen molar-refractivity contribution in [2.45, 2.75) is 18.9 Å². The van der Waals surface area contributed by atoms with E-state index in [1.54, 1.807) is 18.1 Å². The summed E-state index contributed by atoms with van der Waals surface area (Å²) in [5, 5.41) is 0. The lowest BCUT2D eigenvalue weighted by molar-refractivity contribution is 0.0521. The van der Waals surface area contributed by atoms with Crippen molar-refractivity contribution in [2.75, 3.05) is 38.2 Å². The number of benzene rings is 1. The lowest BCUT2D eigenvalue weighted by Gasteiger charge is -2.30. The van der Waals surface area contributed by atoms with Gasteiger partial charge >= 0.3 is 0 Å². The van der Waals surface area contributed by atoms with Gasteiger partial charge in [-0.3, -0.25) is 4.79 Å². The van der Waals surface area contributed by atoms with Crippen molar-refractivity contribution in [1.82, 2.24) is 9.88 Å². The van der Waals surface area contributed by atoms with Crippen LogP contribution in [-0.4, -0.2) is 55.2 Å². The highest BCUT2D eigenvalue weighted by atomic mass is 16.6. The summed E-state index contributed by atoms with van der Waals surface area (Å²) >= 11 is 0. The van der Waals surface area contributed by atoms with Crippen molar-refractivity contribution >= 4 is 11.7 Å². The summed E-state index contributed by atoms with van der Waals surface area (Å²) < 4.78 is 11.7. The first-order valence-corrected chi connectivity index (χ1v) is 9.06. The highest BCUT2D eigenvalue weighted by molar-refractivity contribution is 5.98. The van der Waals surface area contributed by atoms with Gasteiger partial charge in [0.2, 0.25) is 0 Å². The van der Waals surface area contributed by atoms with Crippen molar-refractivity contribution in [3.63, 3.8) is 0 Å². The summed E-state index contributed by atoms with van der Waals surface area (Å²) in [6, 6.07) is 11.3. The van der Waals surface area contributed by atoms with E-state index in [2.05, 4.69) is 9.88 Å². The molecule has 0 bridgehead atoms. The Balaban J connectivity index is 1.46. The van der Waals surface area contributed by atoms with Crippen LogP contribution in [0, 0.1) is 0 Å². The molecule has 0 N–H and O–H groups in total. The minimum Gasteiger partial charge on any atom is -0.486 e. The number of nitrogens with zero attached hydrogens (tertiary/aromatic N) is 3. The maximum Gasteiger partial charge on any atom is 0.257 e. The van der Waals surface area contributed by atoms with E-state index in [0.717, 1.165) is 43.2 Å². The van der Waals surface area contributed by atoms with Crippen LogP contribution in [0.1, 0.15) is 23.2 Å². The van der Waals surface area contributed by atoms with Gasteiger partial charge in [-0.15, -0.1) is 0 Å². The van der Waals surface area contributed by atoms with Gasteiger partial charge in [-0.25, -0.2) is 4.98 Å². The molecular formula is C20H23N3O3. The first kappa shape index (κ1) is 16.7. The number of hydrogen-bond acceptors (Lipinski definition) is 5. The second-order valence-corrected chi connectivity index (χ2v) is 6.75. The molecule has 0 radical (unpaired) electrons. The summed E-state index contributed by atoms with van der Waals surface area (Å²) in [5.41, 5.74) is 0.647. The minimum absolute atomic E-state index is 0.0394. The minimum atomic E-state index is -0.189. The first-order chi connectivity index (χ1) is 12.7. The molecule has 0 aliphatic carbocycles. The molecule has 0 saturated carbocycles. The van der Waals surface area contributed by atoms with Crippen molar-refractivity contribution in [3.05, 3.63) is 48.2 Å². The second-order valence-electron chi connectivity index (χ2n) is 6.75. The van der Waals surface area contributed by atoms with E-state index in [0.29, 0.717) is 18.7 Å². The Labute approximate surface area is 153 Å². The number of rotatable bonds is 4. The van der Waals surface area contributed by atoms with Crippen LogP contribution in [0.5, 0.6) is 11.5 Å². The number of ether oxygens (including phenoxy) is 2. The van der Waals surface area contributed by atoms with Crippen LogP contribution >= 0.6 is 0 Å². The summed E-state index contributed by atoms with van der Waals surface area (Å²) in [5.74, 6) is 2.22. The van der Waals surface area contributed by atoms with E-state index >= 15 is 0 Å². The Kier molecular flexibility index (Phi) is 4.65. The molecule has 2 aliphatic rings. The fourth-order valence-corrected chi connectivity index (χ4v) is 3.49. The van der Waals surface area contributed by atoms with Gasteiger partial charge in [0.15, 0.2) is 17.6 Å². The van der Waals surface area contributed by atoms with Crippen molar-refractivity contribution < 1.29 is 14.3 Å². The zero-order valence-electron chi connectivity index (χ0n) is 14.9. The normalized spacial score (nSPS) is 18.7. The number of pyridine rings is 1. The summed E-state index contributed by atoms with van der Waals surface area (Å²) in [7, 11) is 1.80. The molecule has 1 fully saturated rings. The van der Waals surface area contributed by atoms with Crippen molar-refractivity contribution in [3.8, 4) is 11.5 Å². The molecule has 3 heterocycles. The molecule has 1 unspecified atom stereocenters. The fourth-order valence-electron chi connectivity index (χ4n) is 3.49. The molecule has 26 heavy (non-hydrogen) atoms. The molecule has 136 valence electrons. The largest absolute Gasteiger partial charge is 0.486 e. The van der Waals surface area contributed by atoms with Crippen molar-refractivity contribution in [2.24, 2.45) is 0 Å². The lowest BCUT2D eigenvalue weighted by Crippen LogP contribution is -2.42. The number of hydrogen-bond donors (Lipinski definition) is 0. The number of carbonyl (C=O) groups is 1. The van der Waals surface area contributed by atoms with E-state index in [4.69, 9.17) is 9.47 Å². The van der Waals surface area contributed by atoms with Gasteiger partial charge in [-0.1, -0.05) is 12.1 Å². The number of anilines is 1. The molecule has 0 spiro atoms. The zero-order valence-corrected chi connectivity index (χ0v) is 14.9. The van der Waals surface area contributed by atoms with Crippen LogP contribution in [0.2, 0.25) is 0 Å². The Morgan fingerprint density at radius 3 is 2.77 bits per heavy atom. The molecule has 6 nitrogen and oxygen atoms in total. The van der Waals surface area contributed by atoms with E-state index in [1.165, 1.54) is 0 Å². The zero-order chi connectivity index (χ0) is 17.9. The van der Waals surface area contributed by atoms with Gasteiger partial charge in [-0.2, -0.15) is 0 Å². The molecular weight excluding hydrogens is 330 g/mol. The SMILES string of the molecule is CN(CC1COc2ccccc2O1)C(=O)c1cccnc1N1CCCC1. The molecule has 4 rings (SSSR count). The quantitative estimate of drug-likeness (QED) is 0.846. The molecule has 2 aliphatic heterocycles. The number of aromatic nitrogens is 1. The number of carbonyl (C=O) groups excluding carboxylic acids is 1. The Morgan fingerprint density at radius 1 is 1.19 bits per heavy atom. The topological polar surface area (TPSA) is 54.9 Å². The van der Waals surface area contributed by atoms with Crippen LogP contribution in [0.4, 0.5) is 5.82 Å². The predicted molar refractivity (Wildman–Crippen MR) is 99.0 cm³/mol. The number of amides is 1. The van der Waals surface area contributed by atoms with Gasteiger partial charge < -0.3 is 19.3 Å². The first-order valence-electron chi connectivity index (χ1n) is 9.06. The standard InChI is InChI=1S/C20H23N3O3/c1-22(13-15-14-25-17-8-2-3-9-18(17)26-15)20(24)16-7-6-10-21-19(16)23-11-4-5-12-23/h2-3,6-10,15H,4-5,11-14H2,1H3. The van der Waals surface area contributed by atoms with E-state index in [9.17, 15) is 4.79 Å². The van der Waals surface area contributed by atoms with Crippen molar-refractivity contribution in [1.29, 1.82) is 0 Å². The Hall–Kier alpha value is -2.76. The van der Waals surface area contributed by atoms with Gasteiger partial charge in [0.25, 0.3) is 5.91 Å². The maximum atomic E-state index is 13.0. The molecule has 6 heteroatoms. The van der Waals surface area contributed by atoms with Crippen LogP contribution < -0.4 is 14.4 Å². The smallest absolute Gasteiger partial charge is 0.257 e. The van der Waals surface area contributed by atoms with Crippen LogP contribution in [0.3, 0.4) is 0 Å². The summed E-state index contributed by atoms with van der Waals surface area (Å²) in [6.07, 6.45) is 3.85. The molecule has 1 amide bonds. The number of para-hydroxylation sites is 2. The van der Waals surface area contributed by atoms with Gasteiger partial charge in [-0.05, 0) is 37.1 Å². The third-order valence-electron chi connectivity index (χ3n) is 4.81. The summed E-state index contributed by atoms with van der Waals surface area (Å²) in [4.78, 5) is 21.4. The number of likely N-dealkylation sites (N-methyl/N-ethyl adjacent to an activating group) is 1. The number of fused-ring (bicyclic) bond motifs is 1. The highest BCUT2D eigenvalue weighted by Gasteiger charge is 2.27. The highest BCUT2D eigenvalue weighted by Crippen LogP contribution is 2.31. The van der Waals surface area contributed by atoms with Gasteiger partial charge in [0, 0.05) is 26.3 Å². The predicted octanol–water partition coefficient (Wildman–Crippen LogP) is 2.59. The molecule has 2 aromatic rings. The Morgan fingerprint density at radius 2 is 1.96 bits per heavy atom. The van der Waals surface area contributed by atoms with E-state index < -0.39 is 0 Å². The fraction of sp³-hybridized carbons (Fsp3) is 0.400. The average molecular weight is 353 g/mol. The third-order valence-corrected chi connectivity index (χ3v) is 4.81. The van der Waals surface area contributed by atoms with Crippen LogP contribution in [-0.2, 0) is 0 Å². The van der Waals surface area contributed by atoms with Gasteiger partial charge in [0.1, 0.15) is 12.4 Å². The Bertz CT molecular complexity index is 789. The van der Waals surface area contributed by atoms with E-state index in [-0.39, 0.29) is 12.0 Å². The third kappa shape index (κ3) is 3.31. The monoisotopic (exact) mass is 353 g/mol. The molecule has 1 atom stereocenters.